The maximum absolute atomic E-state index is 13.5. The summed E-state index contributed by atoms with van der Waals surface area (Å²) in [5.74, 6) is 0.299. The number of nitrogens with one attached hydrogen (secondary N) is 2. The minimum absolute atomic E-state index is 0.0164. The summed E-state index contributed by atoms with van der Waals surface area (Å²) in [5, 5.41) is 16.9. The van der Waals surface area contributed by atoms with Gasteiger partial charge in [-0.2, -0.15) is 10.3 Å². The Hall–Kier alpha value is -5.72. The molecule has 6 aliphatic heterocycles. The first-order valence-electron chi connectivity index (χ1n) is 21.2. The van der Waals surface area contributed by atoms with Crippen molar-refractivity contribution in [3.05, 3.63) is 82.0 Å². The number of nitrogens with zero attached hydrogens (tertiary/aromatic N) is 7. The van der Waals surface area contributed by atoms with Crippen LogP contribution in [0, 0.1) is 28.1 Å². The number of halogens is 1. The van der Waals surface area contributed by atoms with Crippen LogP contribution in [0.5, 0.6) is 5.75 Å². The standard InChI is InChI=1S/C45H50ClN9O6/c1-44(2)41(45(3,4)42(44)61-32-10-5-27(21-47)35(46)20-32)50-38(57)28-6-12-36(48-22-28)51-16-13-26(14-17-51)23-52-24-31-8-7-30(52)25-53(31)29-9-11-33-34(19-29)40(59)55(39(33)58)54-18-15-37(56)49-43(54)60/h5-6,9-12,19-20,22,26,30-31,41-42H,7-8,13-18,23-25H2,1-4H3,(H,50,57)(H,49,56,60). The van der Waals surface area contributed by atoms with Crippen LogP contribution < -0.4 is 25.2 Å². The predicted octanol–water partition coefficient (Wildman–Crippen LogP) is 5.24. The van der Waals surface area contributed by atoms with Gasteiger partial charge in [-0.1, -0.05) is 39.3 Å². The Morgan fingerprint density at radius 1 is 0.918 bits per heavy atom. The molecule has 10 rings (SSSR count). The lowest BCUT2D eigenvalue weighted by Gasteiger charge is -2.63. The van der Waals surface area contributed by atoms with Crippen LogP contribution in [0.4, 0.5) is 16.3 Å². The van der Waals surface area contributed by atoms with Crippen LogP contribution >= 0.6 is 11.6 Å². The fourth-order valence-corrected chi connectivity index (χ4v) is 11.2. The molecule has 0 spiro atoms. The smallest absolute Gasteiger partial charge is 0.343 e. The van der Waals surface area contributed by atoms with Crippen LogP contribution in [0.1, 0.15) is 96.4 Å². The van der Waals surface area contributed by atoms with Crippen molar-refractivity contribution in [2.24, 2.45) is 16.7 Å². The number of hydrogen-bond donors (Lipinski definition) is 2. The molecule has 318 valence electrons. The van der Waals surface area contributed by atoms with Gasteiger partial charge in [-0.15, -0.1) is 0 Å². The summed E-state index contributed by atoms with van der Waals surface area (Å²) in [4.78, 5) is 76.3. The zero-order valence-corrected chi connectivity index (χ0v) is 35.6. The number of urea groups is 1. The lowest BCUT2D eigenvalue weighted by Crippen LogP contribution is -2.74. The second kappa shape index (κ2) is 15.3. The molecule has 2 aromatic carbocycles. The molecular weight excluding hydrogens is 798 g/mol. The number of carbonyl (C=O) groups excluding carboxylic acids is 5. The van der Waals surface area contributed by atoms with E-state index in [1.807, 2.05) is 18.2 Å². The molecule has 2 N–H and O–H groups in total. The zero-order valence-electron chi connectivity index (χ0n) is 34.8. The Morgan fingerprint density at radius 2 is 1.66 bits per heavy atom. The number of hydrogen-bond acceptors (Lipinski definition) is 11. The quantitative estimate of drug-likeness (QED) is 0.270. The first kappa shape index (κ1) is 40.7. The van der Waals surface area contributed by atoms with Gasteiger partial charge in [0, 0.05) is 86.1 Å². The van der Waals surface area contributed by atoms with Gasteiger partial charge in [-0.3, -0.25) is 29.4 Å². The van der Waals surface area contributed by atoms with E-state index >= 15 is 0 Å². The zero-order chi connectivity index (χ0) is 43.0. The minimum atomic E-state index is -0.772. The number of ether oxygens (including phenoxy) is 1. The van der Waals surface area contributed by atoms with Crippen LogP contribution in [0.2, 0.25) is 5.02 Å². The highest BCUT2D eigenvalue weighted by molar-refractivity contribution is 6.31. The average Bonchev–Trinajstić information content (AvgIpc) is 3.49. The van der Waals surface area contributed by atoms with Crippen LogP contribution in [0.3, 0.4) is 0 Å². The van der Waals surface area contributed by atoms with Gasteiger partial charge < -0.3 is 19.9 Å². The molecule has 16 heteroatoms. The van der Waals surface area contributed by atoms with Gasteiger partial charge in [0.1, 0.15) is 23.7 Å². The van der Waals surface area contributed by atoms with E-state index in [1.165, 1.54) is 0 Å². The molecule has 1 aromatic heterocycles. The Balaban J connectivity index is 0.758. The Morgan fingerprint density at radius 3 is 2.31 bits per heavy atom. The fourth-order valence-electron chi connectivity index (χ4n) is 11.0. The lowest BCUT2D eigenvalue weighted by molar-refractivity contribution is -0.164. The normalized spacial score (nSPS) is 25.8. The highest BCUT2D eigenvalue weighted by Gasteiger charge is 2.64. The molecule has 1 aliphatic carbocycles. The molecule has 1 saturated carbocycles. The maximum atomic E-state index is 13.5. The van der Waals surface area contributed by atoms with E-state index in [1.54, 1.807) is 36.5 Å². The van der Waals surface area contributed by atoms with Crippen molar-refractivity contribution in [2.45, 2.75) is 84.0 Å². The Kier molecular flexibility index (Phi) is 10.2. The third-order valence-corrected chi connectivity index (χ3v) is 14.3. The fraction of sp³-hybridized carbons (Fsp3) is 0.489. The summed E-state index contributed by atoms with van der Waals surface area (Å²) in [6.07, 6.45) is 5.75. The van der Waals surface area contributed by atoms with E-state index in [0.717, 1.165) is 79.9 Å². The van der Waals surface area contributed by atoms with E-state index < -0.39 is 23.8 Å². The largest absolute Gasteiger partial charge is 0.489 e. The summed E-state index contributed by atoms with van der Waals surface area (Å²) in [7, 11) is 0. The number of carbonyl (C=O) groups is 5. The minimum Gasteiger partial charge on any atom is -0.489 e. The van der Waals surface area contributed by atoms with Crippen molar-refractivity contribution < 1.29 is 28.7 Å². The lowest BCUT2D eigenvalue weighted by atomic mass is 9.49. The van der Waals surface area contributed by atoms with Crippen LogP contribution in [-0.4, -0.2) is 113 Å². The van der Waals surface area contributed by atoms with E-state index in [-0.39, 0.29) is 59.0 Å². The third kappa shape index (κ3) is 7.13. The van der Waals surface area contributed by atoms with Crippen molar-refractivity contribution in [3.8, 4) is 11.8 Å². The van der Waals surface area contributed by atoms with Gasteiger partial charge >= 0.3 is 6.03 Å². The number of amides is 6. The molecule has 6 fully saturated rings. The monoisotopic (exact) mass is 847 g/mol. The summed E-state index contributed by atoms with van der Waals surface area (Å²) >= 11 is 6.26. The number of hydrazine groups is 1. The van der Waals surface area contributed by atoms with Gasteiger partial charge in [0.2, 0.25) is 5.91 Å². The first-order chi connectivity index (χ1) is 29.1. The van der Waals surface area contributed by atoms with Gasteiger partial charge in [0.25, 0.3) is 17.7 Å². The molecule has 7 heterocycles. The predicted molar refractivity (Wildman–Crippen MR) is 226 cm³/mol. The van der Waals surface area contributed by atoms with Crippen LogP contribution in [-0.2, 0) is 4.79 Å². The number of imide groups is 2. The average molecular weight is 848 g/mol. The van der Waals surface area contributed by atoms with Crippen LogP contribution in [0.25, 0.3) is 0 Å². The van der Waals surface area contributed by atoms with Crippen molar-refractivity contribution in [1.29, 1.82) is 5.26 Å². The second-order valence-corrected chi connectivity index (χ2v) is 18.9. The number of nitriles is 1. The van der Waals surface area contributed by atoms with Gasteiger partial charge in [-0.25, -0.2) is 14.8 Å². The van der Waals surface area contributed by atoms with E-state index in [9.17, 15) is 29.2 Å². The molecule has 7 aliphatic rings. The van der Waals surface area contributed by atoms with Gasteiger partial charge in [-0.05, 0) is 74.1 Å². The number of piperazine rings is 1. The highest BCUT2D eigenvalue weighted by Crippen LogP contribution is 2.55. The van der Waals surface area contributed by atoms with Crippen molar-refractivity contribution in [1.82, 2.24) is 30.5 Å². The molecule has 6 amide bonds. The maximum Gasteiger partial charge on any atom is 0.343 e. The highest BCUT2D eigenvalue weighted by atomic mass is 35.5. The third-order valence-electron chi connectivity index (χ3n) is 14.0. The van der Waals surface area contributed by atoms with E-state index in [4.69, 9.17) is 21.3 Å². The van der Waals surface area contributed by atoms with E-state index in [2.05, 4.69) is 59.1 Å². The van der Waals surface area contributed by atoms with Crippen LogP contribution in [0.15, 0.2) is 54.7 Å². The van der Waals surface area contributed by atoms with Gasteiger partial charge in [0.15, 0.2) is 0 Å². The molecule has 2 bridgehead atoms. The molecule has 5 saturated heterocycles. The summed E-state index contributed by atoms with van der Waals surface area (Å²) in [6.45, 7) is 12.9. The Labute approximate surface area is 359 Å². The number of piperidine rings is 3. The van der Waals surface area contributed by atoms with Crippen molar-refractivity contribution in [2.75, 3.05) is 49.1 Å². The SMILES string of the molecule is CC1(C)C(NC(=O)c2ccc(N3CCC(CN4CC5CCC4CN5c4ccc5c(c4)C(=O)N(N4CCC(=O)NC4=O)C5=O)CC3)nc2)C(C)(C)C1Oc1ccc(C#N)c(Cl)c1. The molecule has 2 atom stereocenters. The first-order valence-corrected chi connectivity index (χ1v) is 21.5. The number of benzene rings is 2. The van der Waals surface area contributed by atoms with Crippen molar-refractivity contribution >= 4 is 52.8 Å². The Bertz CT molecular complexity index is 2340. The molecular formula is C45H50ClN9O6. The topological polar surface area (TPSA) is 172 Å². The summed E-state index contributed by atoms with van der Waals surface area (Å²) < 4.78 is 6.38. The number of anilines is 2. The summed E-state index contributed by atoms with van der Waals surface area (Å²) in [5.41, 5.74) is 1.60. The number of pyridine rings is 1. The molecule has 0 radical (unpaired) electrons. The van der Waals surface area contributed by atoms with E-state index in [0.29, 0.717) is 33.9 Å². The second-order valence-electron chi connectivity index (χ2n) is 18.5. The molecule has 3 aromatic rings. The molecule has 61 heavy (non-hydrogen) atoms. The molecule has 15 nitrogen and oxygen atoms in total. The number of aromatic nitrogens is 1. The van der Waals surface area contributed by atoms with Gasteiger partial charge in [0.05, 0.1) is 33.8 Å². The summed E-state index contributed by atoms with van der Waals surface area (Å²) in [6, 6.07) is 16.1. The number of fused-ring (bicyclic) bond motifs is 4. The van der Waals surface area contributed by atoms with Crippen molar-refractivity contribution in [3.63, 3.8) is 0 Å². The molecule has 2 unspecified atom stereocenters. The number of rotatable bonds is 9.